The number of phosphoric ester groups is 1. The molecule has 0 aromatic carbocycles. The zero-order valence-corrected chi connectivity index (χ0v) is 39.7. The number of ether oxygens (including phenoxy) is 2. The standard InChI is InChI=1S/C48H94NO8P/c1-6-8-10-12-14-16-18-20-22-24-26-28-30-32-34-36-38-40-47(50)54-44-46(45-56-58(52,53)55-43-42-49(3,4)5)57-48(51)41-39-37-35-33-31-29-27-25-23-21-19-17-15-13-11-9-7-2/h33,35,46H,6-32,34,36-45H2,1-5H3/p+1/b35-33+/t46-/m1/s1. The second-order valence-corrected chi connectivity index (χ2v) is 19.3. The highest BCUT2D eigenvalue weighted by Crippen LogP contribution is 2.43. The molecule has 344 valence electrons. The maximum atomic E-state index is 12.7. The molecule has 0 fully saturated rings. The lowest BCUT2D eigenvalue weighted by Crippen LogP contribution is -2.37. The SMILES string of the molecule is CCCCCCCCCCCCCC/C=C/CCCC(=O)O[C@H](COC(=O)CCCCCCCCCCCCCCCCCCC)COP(=O)(O)OCC[N+](C)(C)C. The first kappa shape index (κ1) is 56.8. The maximum Gasteiger partial charge on any atom is 0.472 e. The van der Waals surface area contributed by atoms with Crippen molar-refractivity contribution in [2.45, 2.75) is 238 Å². The van der Waals surface area contributed by atoms with E-state index < -0.39 is 26.5 Å². The zero-order valence-electron chi connectivity index (χ0n) is 38.8. The molecule has 0 bridgehead atoms. The van der Waals surface area contributed by atoms with Crippen molar-refractivity contribution in [3.05, 3.63) is 12.2 Å². The van der Waals surface area contributed by atoms with Crippen LogP contribution >= 0.6 is 7.82 Å². The number of nitrogens with zero attached hydrogens (tertiary/aromatic N) is 1. The topological polar surface area (TPSA) is 108 Å². The molecule has 0 rings (SSSR count). The van der Waals surface area contributed by atoms with Gasteiger partial charge >= 0.3 is 19.8 Å². The van der Waals surface area contributed by atoms with Gasteiger partial charge in [0.05, 0.1) is 27.7 Å². The van der Waals surface area contributed by atoms with Gasteiger partial charge in [-0.25, -0.2) is 4.57 Å². The van der Waals surface area contributed by atoms with Gasteiger partial charge in [-0.1, -0.05) is 199 Å². The molecular formula is C48H95NO8P+. The fraction of sp³-hybridized carbons (Fsp3) is 0.917. The first-order valence-electron chi connectivity index (χ1n) is 24.4. The normalized spacial score (nSPS) is 13.6. The van der Waals surface area contributed by atoms with Gasteiger partial charge in [0.15, 0.2) is 6.10 Å². The molecule has 0 aromatic heterocycles. The summed E-state index contributed by atoms with van der Waals surface area (Å²) in [6.45, 7) is 4.44. The quantitative estimate of drug-likeness (QED) is 0.0212. The molecule has 0 aliphatic rings. The number of likely N-dealkylation sites (N-methyl/N-ethyl adjacent to an activating group) is 1. The molecule has 9 nitrogen and oxygen atoms in total. The highest BCUT2D eigenvalue weighted by Gasteiger charge is 2.27. The number of esters is 2. The first-order chi connectivity index (χ1) is 28.0. The van der Waals surface area contributed by atoms with Gasteiger partial charge in [0.25, 0.3) is 0 Å². The average molecular weight is 845 g/mol. The Bertz CT molecular complexity index is 1000. The van der Waals surface area contributed by atoms with E-state index in [1.807, 2.05) is 21.1 Å². The van der Waals surface area contributed by atoms with E-state index in [9.17, 15) is 19.0 Å². The van der Waals surface area contributed by atoms with Crippen molar-refractivity contribution < 1.29 is 42.1 Å². The number of hydrogen-bond donors (Lipinski definition) is 1. The molecule has 0 heterocycles. The van der Waals surface area contributed by atoms with Crippen LogP contribution in [0.3, 0.4) is 0 Å². The van der Waals surface area contributed by atoms with Crippen LogP contribution in [0.15, 0.2) is 12.2 Å². The Balaban J connectivity index is 4.29. The summed E-state index contributed by atoms with van der Waals surface area (Å²) in [6.07, 6.45) is 44.1. The number of phosphoric acid groups is 1. The van der Waals surface area contributed by atoms with Crippen LogP contribution < -0.4 is 0 Å². The van der Waals surface area contributed by atoms with Crippen LogP contribution in [0.25, 0.3) is 0 Å². The summed E-state index contributed by atoms with van der Waals surface area (Å²) in [5, 5.41) is 0. The predicted molar refractivity (Wildman–Crippen MR) is 243 cm³/mol. The van der Waals surface area contributed by atoms with E-state index in [-0.39, 0.29) is 25.6 Å². The number of carbonyl (C=O) groups is 2. The number of rotatable bonds is 45. The summed E-state index contributed by atoms with van der Waals surface area (Å²) in [7, 11) is 1.47. The molecule has 0 aliphatic carbocycles. The molecule has 0 aliphatic heterocycles. The Morgan fingerprint density at radius 3 is 1.33 bits per heavy atom. The first-order valence-corrected chi connectivity index (χ1v) is 25.9. The molecule has 0 radical (unpaired) electrons. The lowest BCUT2D eigenvalue weighted by molar-refractivity contribution is -0.870. The number of allylic oxidation sites excluding steroid dienone is 2. The van der Waals surface area contributed by atoms with E-state index in [1.54, 1.807) is 0 Å². The Kier molecular flexibility index (Phi) is 40.2. The maximum absolute atomic E-state index is 12.7. The Labute approximate surface area is 358 Å². The van der Waals surface area contributed by atoms with Crippen LogP contribution in [0.1, 0.15) is 232 Å². The third-order valence-electron chi connectivity index (χ3n) is 10.8. The average Bonchev–Trinajstić information content (AvgIpc) is 3.17. The van der Waals surface area contributed by atoms with E-state index in [2.05, 4.69) is 26.0 Å². The molecule has 10 heteroatoms. The van der Waals surface area contributed by atoms with Crippen LogP contribution in [0.4, 0.5) is 0 Å². The molecule has 0 saturated heterocycles. The minimum Gasteiger partial charge on any atom is -0.462 e. The number of quaternary nitrogens is 1. The van der Waals surface area contributed by atoms with Crippen LogP contribution in [0.2, 0.25) is 0 Å². The smallest absolute Gasteiger partial charge is 0.462 e. The third kappa shape index (κ3) is 44.3. The molecule has 1 N–H and O–H groups in total. The number of carbonyl (C=O) groups excluding carboxylic acids is 2. The summed E-state index contributed by atoms with van der Waals surface area (Å²) in [4.78, 5) is 35.4. The van der Waals surface area contributed by atoms with Crippen LogP contribution in [-0.2, 0) is 32.7 Å². The summed E-state index contributed by atoms with van der Waals surface area (Å²) >= 11 is 0. The van der Waals surface area contributed by atoms with Gasteiger partial charge in [0.1, 0.15) is 19.8 Å². The van der Waals surface area contributed by atoms with Crippen molar-refractivity contribution in [2.75, 3.05) is 47.5 Å². The lowest BCUT2D eigenvalue weighted by Gasteiger charge is -2.24. The van der Waals surface area contributed by atoms with Crippen molar-refractivity contribution >= 4 is 19.8 Å². The Hall–Kier alpha value is -1.25. The highest BCUT2D eigenvalue weighted by atomic mass is 31.2. The van der Waals surface area contributed by atoms with E-state index in [1.165, 1.54) is 167 Å². The monoisotopic (exact) mass is 845 g/mol. The molecule has 0 spiro atoms. The van der Waals surface area contributed by atoms with Crippen molar-refractivity contribution in [1.82, 2.24) is 0 Å². The fourth-order valence-corrected chi connectivity index (χ4v) is 7.70. The van der Waals surface area contributed by atoms with Gasteiger partial charge in [0, 0.05) is 12.8 Å². The fourth-order valence-electron chi connectivity index (χ4n) is 6.96. The number of unbranched alkanes of at least 4 members (excludes halogenated alkanes) is 29. The highest BCUT2D eigenvalue weighted by molar-refractivity contribution is 7.47. The van der Waals surface area contributed by atoms with Gasteiger partial charge in [-0.3, -0.25) is 18.6 Å². The Morgan fingerprint density at radius 2 is 0.897 bits per heavy atom. The van der Waals surface area contributed by atoms with Gasteiger partial charge < -0.3 is 18.9 Å². The van der Waals surface area contributed by atoms with Gasteiger partial charge in [0.2, 0.25) is 0 Å². The summed E-state index contributed by atoms with van der Waals surface area (Å²) in [5.74, 6) is -0.822. The minimum atomic E-state index is -4.38. The minimum absolute atomic E-state index is 0.0307. The molecule has 0 aromatic rings. The molecular weight excluding hydrogens is 750 g/mol. The van der Waals surface area contributed by atoms with E-state index in [4.69, 9.17) is 18.5 Å². The molecule has 0 saturated carbocycles. The van der Waals surface area contributed by atoms with Crippen molar-refractivity contribution in [1.29, 1.82) is 0 Å². The zero-order chi connectivity index (χ0) is 42.8. The molecule has 2 atom stereocenters. The number of hydrogen-bond acceptors (Lipinski definition) is 7. The van der Waals surface area contributed by atoms with Gasteiger partial charge in [-0.2, -0.15) is 0 Å². The van der Waals surface area contributed by atoms with Gasteiger partial charge in [-0.05, 0) is 32.1 Å². The summed E-state index contributed by atoms with van der Waals surface area (Å²) < 4.78 is 34.4. The lowest BCUT2D eigenvalue weighted by atomic mass is 10.0. The second-order valence-electron chi connectivity index (χ2n) is 17.9. The van der Waals surface area contributed by atoms with Crippen LogP contribution in [0.5, 0.6) is 0 Å². The van der Waals surface area contributed by atoms with Crippen molar-refractivity contribution in [3.63, 3.8) is 0 Å². The molecule has 58 heavy (non-hydrogen) atoms. The Morgan fingerprint density at radius 1 is 0.517 bits per heavy atom. The molecule has 0 amide bonds. The molecule has 1 unspecified atom stereocenters. The van der Waals surface area contributed by atoms with Crippen LogP contribution in [-0.4, -0.2) is 74.9 Å². The van der Waals surface area contributed by atoms with Gasteiger partial charge in [-0.15, -0.1) is 0 Å². The third-order valence-corrected chi connectivity index (χ3v) is 11.8. The second kappa shape index (κ2) is 41.1. The van der Waals surface area contributed by atoms with E-state index >= 15 is 0 Å². The summed E-state index contributed by atoms with van der Waals surface area (Å²) in [6, 6.07) is 0. The van der Waals surface area contributed by atoms with Crippen molar-refractivity contribution in [2.24, 2.45) is 0 Å². The van der Waals surface area contributed by atoms with E-state index in [0.717, 1.165) is 32.1 Å². The van der Waals surface area contributed by atoms with Crippen LogP contribution in [0, 0.1) is 0 Å². The van der Waals surface area contributed by atoms with E-state index in [0.29, 0.717) is 23.9 Å². The van der Waals surface area contributed by atoms with Crippen molar-refractivity contribution in [3.8, 4) is 0 Å². The predicted octanol–water partition coefficient (Wildman–Crippen LogP) is 14.1. The summed E-state index contributed by atoms with van der Waals surface area (Å²) in [5.41, 5.74) is 0. The largest absolute Gasteiger partial charge is 0.472 e.